The van der Waals surface area contributed by atoms with Crippen LogP contribution in [0.25, 0.3) is 11.1 Å². The number of hydrogen-bond acceptors (Lipinski definition) is 5. The molecule has 8 heteroatoms. The number of fused-ring (bicyclic) bond motifs is 3. The van der Waals surface area contributed by atoms with Crippen LogP contribution in [0, 0.1) is 0 Å². The van der Waals surface area contributed by atoms with Gasteiger partial charge in [-0.3, -0.25) is 9.59 Å². The van der Waals surface area contributed by atoms with Crippen molar-refractivity contribution in [2.45, 2.75) is 18.4 Å². The van der Waals surface area contributed by atoms with Crippen LogP contribution >= 0.6 is 0 Å². The van der Waals surface area contributed by atoms with E-state index in [0.29, 0.717) is 11.4 Å². The van der Waals surface area contributed by atoms with Gasteiger partial charge in [-0.1, -0.05) is 48.5 Å². The van der Waals surface area contributed by atoms with Gasteiger partial charge in [-0.15, -0.1) is 0 Å². The maximum atomic E-state index is 13.0. The van der Waals surface area contributed by atoms with Gasteiger partial charge in [-0.25, -0.2) is 4.79 Å². The summed E-state index contributed by atoms with van der Waals surface area (Å²) in [6, 6.07) is 21.3. The second-order valence-electron chi connectivity index (χ2n) is 8.22. The van der Waals surface area contributed by atoms with E-state index in [1.807, 2.05) is 48.5 Å². The summed E-state index contributed by atoms with van der Waals surface area (Å²) in [5.41, 5.74) is 4.83. The van der Waals surface area contributed by atoms with Crippen molar-refractivity contribution in [2.75, 3.05) is 25.7 Å². The Bertz CT molecular complexity index is 1190. The fourth-order valence-electron chi connectivity index (χ4n) is 4.32. The molecule has 0 bridgehead atoms. The summed E-state index contributed by atoms with van der Waals surface area (Å²) >= 11 is 0. The molecule has 2 amide bonds. The van der Waals surface area contributed by atoms with Gasteiger partial charge < -0.3 is 24.8 Å². The highest BCUT2D eigenvalue weighted by atomic mass is 16.5. The van der Waals surface area contributed by atoms with Crippen molar-refractivity contribution in [1.82, 2.24) is 5.32 Å². The molecule has 3 aromatic carbocycles. The van der Waals surface area contributed by atoms with Gasteiger partial charge in [0.05, 0.1) is 13.5 Å². The van der Waals surface area contributed by atoms with E-state index in [9.17, 15) is 19.5 Å². The quantitative estimate of drug-likeness (QED) is 0.511. The lowest BCUT2D eigenvalue weighted by Crippen LogP contribution is -2.48. The van der Waals surface area contributed by atoms with Crippen molar-refractivity contribution >= 4 is 23.7 Å². The Kier molecular flexibility index (Phi) is 7.01. The van der Waals surface area contributed by atoms with E-state index in [0.717, 1.165) is 22.3 Å². The van der Waals surface area contributed by atoms with Crippen LogP contribution in [0.15, 0.2) is 72.8 Å². The van der Waals surface area contributed by atoms with Crippen LogP contribution in [-0.4, -0.2) is 49.9 Å². The SMILES string of the molecule is COc1ccc(N(C)C(=O)C(CC(=O)O)NC(=O)OCC2c3ccccc3-c3ccccc32)cc1. The molecule has 0 aliphatic heterocycles. The molecule has 1 unspecified atom stereocenters. The summed E-state index contributed by atoms with van der Waals surface area (Å²) in [5.74, 6) is -1.33. The van der Waals surface area contributed by atoms with Gasteiger partial charge >= 0.3 is 12.1 Å². The molecule has 2 N–H and O–H groups in total. The highest BCUT2D eigenvalue weighted by molar-refractivity contribution is 6.00. The van der Waals surface area contributed by atoms with Gasteiger partial charge in [-0.05, 0) is 46.5 Å². The summed E-state index contributed by atoms with van der Waals surface area (Å²) in [6.45, 7) is 0.0577. The van der Waals surface area contributed by atoms with E-state index in [-0.39, 0.29) is 12.5 Å². The van der Waals surface area contributed by atoms with E-state index < -0.39 is 30.4 Å². The van der Waals surface area contributed by atoms with Crippen molar-refractivity contribution in [2.24, 2.45) is 0 Å². The van der Waals surface area contributed by atoms with Crippen molar-refractivity contribution in [3.8, 4) is 16.9 Å². The fraction of sp³-hybridized carbons (Fsp3) is 0.222. The minimum atomic E-state index is -1.30. The Morgan fingerprint density at radius 3 is 2.06 bits per heavy atom. The number of nitrogens with zero attached hydrogens (tertiary/aromatic N) is 1. The molecule has 0 spiro atoms. The number of ether oxygens (including phenoxy) is 2. The Morgan fingerprint density at radius 1 is 0.943 bits per heavy atom. The molecule has 0 radical (unpaired) electrons. The predicted octanol–water partition coefficient (Wildman–Crippen LogP) is 4.04. The number of aliphatic carboxylic acids is 1. The molecule has 0 fully saturated rings. The fourth-order valence-corrected chi connectivity index (χ4v) is 4.32. The minimum absolute atomic E-state index is 0.0577. The first-order valence-electron chi connectivity index (χ1n) is 11.1. The van der Waals surface area contributed by atoms with Gasteiger partial charge in [0.15, 0.2) is 0 Å². The lowest BCUT2D eigenvalue weighted by molar-refractivity contribution is -0.139. The number of methoxy groups -OCH3 is 1. The molecule has 1 atom stereocenters. The van der Waals surface area contributed by atoms with E-state index in [4.69, 9.17) is 9.47 Å². The molecule has 4 rings (SSSR count). The van der Waals surface area contributed by atoms with Crippen LogP contribution in [0.1, 0.15) is 23.5 Å². The van der Waals surface area contributed by atoms with Crippen LogP contribution in [0.4, 0.5) is 10.5 Å². The number of alkyl carbamates (subject to hydrolysis) is 1. The number of carbonyl (C=O) groups excluding carboxylic acids is 2. The summed E-state index contributed by atoms with van der Waals surface area (Å²) in [4.78, 5) is 38.4. The average molecular weight is 475 g/mol. The third-order valence-corrected chi connectivity index (χ3v) is 6.10. The molecular weight excluding hydrogens is 448 g/mol. The van der Waals surface area contributed by atoms with E-state index in [2.05, 4.69) is 5.32 Å². The second-order valence-corrected chi connectivity index (χ2v) is 8.22. The number of carboxylic acids is 1. The summed E-state index contributed by atoms with van der Waals surface area (Å²) in [5, 5.41) is 11.7. The largest absolute Gasteiger partial charge is 0.497 e. The molecule has 0 heterocycles. The molecule has 8 nitrogen and oxygen atoms in total. The first kappa shape index (κ1) is 23.8. The number of carbonyl (C=O) groups is 3. The lowest BCUT2D eigenvalue weighted by Gasteiger charge is -2.24. The first-order valence-corrected chi connectivity index (χ1v) is 11.1. The third-order valence-electron chi connectivity index (χ3n) is 6.10. The average Bonchev–Trinajstić information content (AvgIpc) is 3.19. The minimum Gasteiger partial charge on any atom is -0.497 e. The van der Waals surface area contributed by atoms with Gasteiger partial charge in [0.25, 0.3) is 0 Å². The number of anilines is 1. The second kappa shape index (κ2) is 10.3. The third kappa shape index (κ3) is 5.11. The Labute approximate surface area is 203 Å². The molecule has 180 valence electrons. The van der Waals surface area contributed by atoms with Crippen molar-refractivity contribution in [1.29, 1.82) is 0 Å². The maximum absolute atomic E-state index is 13.0. The van der Waals surface area contributed by atoms with Crippen LogP contribution in [-0.2, 0) is 14.3 Å². The van der Waals surface area contributed by atoms with Gasteiger partial charge in [0.2, 0.25) is 5.91 Å². The molecule has 1 aliphatic carbocycles. The molecule has 0 aromatic heterocycles. The Balaban J connectivity index is 1.44. The van der Waals surface area contributed by atoms with Crippen molar-refractivity contribution < 1.29 is 29.0 Å². The predicted molar refractivity (Wildman–Crippen MR) is 131 cm³/mol. The summed E-state index contributed by atoms with van der Waals surface area (Å²) in [6.07, 6.45) is -1.43. The molecular formula is C27H26N2O6. The van der Waals surface area contributed by atoms with Crippen LogP contribution in [0.5, 0.6) is 5.75 Å². The number of nitrogens with one attached hydrogen (secondary N) is 1. The number of amides is 2. The maximum Gasteiger partial charge on any atom is 0.407 e. The zero-order valence-corrected chi connectivity index (χ0v) is 19.4. The topological polar surface area (TPSA) is 105 Å². The Hall–Kier alpha value is -4.33. The molecule has 35 heavy (non-hydrogen) atoms. The Morgan fingerprint density at radius 2 is 1.51 bits per heavy atom. The number of rotatable bonds is 8. The normalized spacial score (nSPS) is 12.7. The van der Waals surface area contributed by atoms with Crippen LogP contribution < -0.4 is 15.0 Å². The molecule has 0 saturated carbocycles. The van der Waals surface area contributed by atoms with Crippen molar-refractivity contribution in [3.05, 3.63) is 83.9 Å². The zero-order chi connectivity index (χ0) is 24.9. The number of likely N-dealkylation sites (N-methyl/N-ethyl adjacent to an activating group) is 1. The van der Waals surface area contributed by atoms with Gasteiger partial charge in [-0.2, -0.15) is 0 Å². The van der Waals surface area contributed by atoms with E-state index in [1.54, 1.807) is 24.3 Å². The van der Waals surface area contributed by atoms with E-state index >= 15 is 0 Å². The summed E-state index contributed by atoms with van der Waals surface area (Å²) in [7, 11) is 3.05. The van der Waals surface area contributed by atoms with Gasteiger partial charge in [0.1, 0.15) is 18.4 Å². The van der Waals surface area contributed by atoms with E-state index in [1.165, 1.54) is 19.1 Å². The summed E-state index contributed by atoms with van der Waals surface area (Å²) < 4.78 is 10.6. The highest BCUT2D eigenvalue weighted by Crippen LogP contribution is 2.44. The standard InChI is InChI=1S/C27H26N2O6/c1-29(17-11-13-18(34-2)14-12-17)26(32)24(15-25(30)31)28-27(33)35-16-23-21-9-5-3-7-19(21)20-8-4-6-10-22(20)23/h3-14,23-24H,15-16H2,1-2H3,(H,28,33)(H,30,31). The first-order chi connectivity index (χ1) is 16.9. The smallest absolute Gasteiger partial charge is 0.407 e. The molecule has 3 aromatic rings. The highest BCUT2D eigenvalue weighted by Gasteiger charge is 2.31. The van der Waals surface area contributed by atoms with Gasteiger partial charge in [0, 0.05) is 18.7 Å². The monoisotopic (exact) mass is 474 g/mol. The molecule has 0 saturated heterocycles. The number of hydrogen-bond donors (Lipinski definition) is 2. The molecule has 1 aliphatic rings. The zero-order valence-electron chi connectivity index (χ0n) is 19.4. The number of carboxylic acid groups (broad SMARTS) is 1. The van der Waals surface area contributed by atoms with Crippen molar-refractivity contribution in [3.63, 3.8) is 0 Å². The lowest BCUT2D eigenvalue weighted by atomic mass is 9.98. The van der Waals surface area contributed by atoms with Crippen LogP contribution in [0.3, 0.4) is 0 Å². The van der Waals surface area contributed by atoms with Crippen LogP contribution in [0.2, 0.25) is 0 Å². The number of benzene rings is 3.